The van der Waals surface area contributed by atoms with Crippen molar-refractivity contribution in [1.82, 2.24) is 29.6 Å². The van der Waals surface area contributed by atoms with Crippen LogP contribution in [-0.4, -0.2) is 36.8 Å². The lowest BCUT2D eigenvalue weighted by molar-refractivity contribution is 0.0939. The third-order valence-corrected chi connectivity index (χ3v) is 7.19. The summed E-state index contributed by atoms with van der Waals surface area (Å²) < 4.78 is 3.05. The van der Waals surface area contributed by atoms with Crippen molar-refractivity contribution in [2.75, 3.05) is 17.6 Å². The number of benzene rings is 2. The molecule has 4 heterocycles. The van der Waals surface area contributed by atoms with Gasteiger partial charge in [0.1, 0.15) is 22.9 Å². The molecule has 0 saturated heterocycles. The third kappa shape index (κ3) is 4.50. The Morgan fingerprint density at radius 2 is 1.98 bits per heavy atom. The van der Waals surface area contributed by atoms with Gasteiger partial charge in [0.15, 0.2) is 5.82 Å². The lowest BCUT2D eigenvalue weighted by atomic mass is 10.1. The standard InChI is InChI=1S/C29H24N8O2S/c1-17(32-28(38)24-25(30)35-36-15-7-14-31-27(24)36)26-34-22-11-6-8-19(12-13-20-16-40-18(2)33-20)23(22)29(39)37(26)21-9-4-3-5-10-21/h3-11,15-17,31H,14H2,1-2H3,(H2,30,35)(H,32,38). The van der Waals surface area contributed by atoms with Crippen LogP contribution in [0.3, 0.4) is 0 Å². The van der Waals surface area contributed by atoms with Crippen molar-refractivity contribution >= 4 is 46.0 Å². The molecular weight excluding hydrogens is 524 g/mol. The second-order valence-corrected chi connectivity index (χ2v) is 10.2. The highest BCUT2D eigenvalue weighted by Crippen LogP contribution is 2.26. The quantitative estimate of drug-likeness (QED) is 0.292. The highest BCUT2D eigenvalue weighted by Gasteiger charge is 2.26. The average Bonchev–Trinajstić information content (AvgIpc) is 3.53. The molecule has 0 bridgehead atoms. The van der Waals surface area contributed by atoms with Crippen molar-refractivity contribution in [3.63, 3.8) is 0 Å². The van der Waals surface area contributed by atoms with Gasteiger partial charge in [-0.15, -0.1) is 16.4 Å². The van der Waals surface area contributed by atoms with Gasteiger partial charge < -0.3 is 16.4 Å². The van der Waals surface area contributed by atoms with E-state index in [1.807, 2.05) is 54.8 Å². The Hall–Kier alpha value is -5.21. The number of amides is 1. The number of aromatic nitrogens is 5. The van der Waals surface area contributed by atoms with E-state index in [1.165, 1.54) is 20.6 Å². The number of nitrogens with one attached hydrogen (secondary N) is 2. The molecule has 3 aromatic heterocycles. The number of nitrogens with two attached hydrogens (primary N) is 1. The first-order valence-electron chi connectivity index (χ1n) is 12.6. The van der Waals surface area contributed by atoms with Crippen LogP contribution < -0.4 is 21.9 Å². The SMILES string of the molecule is Cc1nc(C#Cc2cccc3nc(C(C)NC(=O)c4c(N)nn5c4NCC=C5)n(-c4ccccc4)c(=O)c23)cs1. The summed E-state index contributed by atoms with van der Waals surface area (Å²) in [5, 5.41) is 13.5. The van der Waals surface area contributed by atoms with E-state index >= 15 is 0 Å². The zero-order valence-corrected chi connectivity index (χ0v) is 22.5. The normalized spacial score (nSPS) is 12.8. The van der Waals surface area contributed by atoms with Crippen LogP contribution in [0.2, 0.25) is 0 Å². The summed E-state index contributed by atoms with van der Waals surface area (Å²) in [4.78, 5) is 36.8. The minimum Gasteiger partial charge on any atom is -0.381 e. The Kier molecular flexibility index (Phi) is 6.37. The zero-order chi connectivity index (χ0) is 27.8. The molecule has 4 N–H and O–H groups in total. The number of hydrogen-bond donors (Lipinski definition) is 3. The van der Waals surface area contributed by atoms with E-state index in [1.54, 1.807) is 25.3 Å². The summed E-state index contributed by atoms with van der Waals surface area (Å²) in [6, 6.07) is 13.9. The van der Waals surface area contributed by atoms with Gasteiger partial charge in [0.05, 0.1) is 27.6 Å². The Morgan fingerprint density at radius 1 is 1.15 bits per heavy atom. The molecule has 0 saturated carbocycles. The van der Waals surface area contributed by atoms with E-state index < -0.39 is 11.9 Å². The molecule has 1 atom stereocenters. The smallest absolute Gasteiger partial charge is 0.267 e. The lowest BCUT2D eigenvalue weighted by Gasteiger charge is -2.20. The molecule has 1 unspecified atom stereocenters. The van der Waals surface area contributed by atoms with Crippen molar-refractivity contribution < 1.29 is 4.79 Å². The van der Waals surface area contributed by atoms with E-state index in [9.17, 15) is 9.59 Å². The Bertz CT molecular complexity index is 1920. The molecule has 6 rings (SSSR count). The molecule has 0 aliphatic carbocycles. The van der Waals surface area contributed by atoms with E-state index in [0.717, 1.165) is 5.01 Å². The predicted octanol–water partition coefficient (Wildman–Crippen LogP) is 3.72. The van der Waals surface area contributed by atoms with Crippen molar-refractivity contribution in [2.45, 2.75) is 19.9 Å². The number of hydrogen-bond acceptors (Lipinski definition) is 8. The topological polar surface area (TPSA) is 133 Å². The number of nitrogens with zero attached hydrogens (tertiary/aromatic N) is 5. The maximum Gasteiger partial charge on any atom is 0.267 e. The van der Waals surface area contributed by atoms with Crippen LogP contribution in [0.15, 0.2) is 64.8 Å². The molecule has 11 heteroatoms. The van der Waals surface area contributed by atoms with Crippen LogP contribution in [0.4, 0.5) is 11.6 Å². The first-order chi connectivity index (χ1) is 19.4. The van der Waals surface area contributed by atoms with Crippen LogP contribution in [-0.2, 0) is 0 Å². The number of carbonyl (C=O) groups is 1. The van der Waals surface area contributed by atoms with Crippen molar-refractivity contribution in [2.24, 2.45) is 0 Å². The van der Waals surface area contributed by atoms with Gasteiger partial charge in [0.25, 0.3) is 11.5 Å². The molecule has 0 spiro atoms. The van der Waals surface area contributed by atoms with Crippen molar-refractivity contribution in [1.29, 1.82) is 0 Å². The number of nitrogen functional groups attached to an aromatic ring is 1. The maximum absolute atomic E-state index is 14.1. The fraction of sp³-hybridized carbons (Fsp3) is 0.138. The Labute approximate surface area is 233 Å². The number of carbonyl (C=O) groups excluding carboxylic acids is 1. The predicted molar refractivity (Wildman–Crippen MR) is 157 cm³/mol. The molecule has 198 valence electrons. The number of aryl methyl sites for hydroxylation is 1. The lowest BCUT2D eigenvalue weighted by Crippen LogP contribution is -2.34. The Morgan fingerprint density at radius 3 is 2.75 bits per heavy atom. The molecule has 1 aliphatic heterocycles. The number of thiazole rings is 1. The molecule has 0 fully saturated rings. The first kappa shape index (κ1) is 25.1. The fourth-order valence-corrected chi connectivity index (χ4v) is 5.16. The average molecular weight is 549 g/mol. The number of fused-ring (bicyclic) bond motifs is 2. The largest absolute Gasteiger partial charge is 0.381 e. The highest BCUT2D eigenvalue weighted by molar-refractivity contribution is 7.09. The number of anilines is 2. The van der Waals surface area contributed by atoms with Gasteiger partial charge in [-0.1, -0.05) is 30.2 Å². The van der Waals surface area contributed by atoms with Crippen LogP contribution in [0, 0.1) is 18.8 Å². The second-order valence-electron chi connectivity index (χ2n) is 9.16. The van der Waals surface area contributed by atoms with Crippen molar-refractivity contribution in [3.8, 4) is 17.5 Å². The van der Waals surface area contributed by atoms with Crippen LogP contribution in [0.5, 0.6) is 0 Å². The van der Waals surface area contributed by atoms with Gasteiger partial charge in [-0.3, -0.25) is 14.2 Å². The van der Waals surface area contributed by atoms with Crippen LogP contribution in [0.1, 0.15) is 45.4 Å². The molecule has 2 aromatic carbocycles. The van der Waals surface area contributed by atoms with E-state index in [4.69, 9.17) is 10.7 Å². The van der Waals surface area contributed by atoms with E-state index in [2.05, 4.69) is 32.6 Å². The molecule has 1 aliphatic rings. The van der Waals surface area contributed by atoms with Crippen LogP contribution in [0.25, 0.3) is 22.8 Å². The molecule has 1 amide bonds. The summed E-state index contributed by atoms with van der Waals surface area (Å²) in [7, 11) is 0. The van der Waals surface area contributed by atoms with Gasteiger partial charge in [0, 0.05) is 23.7 Å². The van der Waals surface area contributed by atoms with Gasteiger partial charge in [-0.25, -0.2) is 14.6 Å². The van der Waals surface area contributed by atoms with Gasteiger partial charge in [-0.05, 0) is 50.1 Å². The summed E-state index contributed by atoms with van der Waals surface area (Å²) in [6.07, 6.45) is 3.62. The fourth-order valence-electron chi connectivity index (χ4n) is 4.62. The number of para-hydroxylation sites is 1. The molecule has 10 nitrogen and oxygen atoms in total. The highest BCUT2D eigenvalue weighted by atomic mass is 32.1. The minimum atomic E-state index is -0.661. The third-order valence-electron chi connectivity index (χ3n) is 6.42. The monoisotopic (exact) mass is 548 g/mol. The first-order valence-corrected chi connectivity index (χ1v) is 13.4. The summed E-state index contributed by atoms with van der Waals surface area (Å²) in [5.41, 5.74) is 8.32. The Balaban J connectivity index is 1.46. The molecule has 5 aromatic rings. The van der Waals surface area contributed by atoms with Gasteiger partial charge in [0.2, 0.25) is 0 Å². The van der Waals surface area contributed by atoms with Crippen LogP contribution >= 0.6 is 11.3 Å². The maximum atomic E-state index is 14.1. The van der Waals surface area contributed by atoms with Crippen molar-refractivity contribution in [3.05, 3.63) is 98.0 Å². The minimum absolute atomic E-state index is 0.101. The summed E-state index contributed by atoms with van der Waals surface area (Å²) >= 11 is 1.52. The zero-order valence-electron chi connectivity index (χ0n) is 21.7. The van der Waals surface area contributed by atoms with E-state index in [-0.39, 0.29) is 16.9 Å². The van der Waals surface area contributed by atoms with E-state index in [0.29, 0.717) is 46.0 Å². The van der Waals surface area contributed by atoms with Gasteiger partial charge in [-0.2, -0.15) is 0 Å². The molecule has 40 heavy (non-hydrogen) atoms. The number of rotatable bonds is 4. The van der Waals surface area contributed by atoms with Gasteiger partial charge >= 0.3 is 0 Å². The molecular formula is C29H24N8O2S. The molecule has 0 radical (unpaired) electrons. The summed E-state index contributed by atoms with van der Waals surface area (Å²) in [6.45, 7) is 4.24. The second kappa shape index (κ2) is 10.2. The summed E-state index contributed by atoms with van der Waals surface area (Å²) in [5.74, 6) is 6.71.